The minimum absolute atomic E-state index is 0.0167. The average molecular weight is 238 g/mol. The molecule has 0 unspecified atom stereocenters. The molecule has 0 aliphatic heterocycles. The highest BCUT2D eigenvalue weighted by Crippen LogP contribution is 2.44. The molecule has 0 heterocycles. The van der Waals surface area contributed by atoms with Crippen LogP contribution in [-0.4, -0.2) is 29.9 Å². The summed E-state index contributed by atoms with van der Waals surface area (Å²) in [6, 6.07) is 0.540. The predicted octanol–water partition coefficient (Wildman–Crippen LogP) is 2.30. The van der Waals surface area contributed by atoms with Gasteiger partial charge in [-0.25, -0.2) is 0 Å². The molecule has 2 saturated carbocycles. The van der Waals surface area contributed by atoms with Crippen LogP contribution in [0.25, 0.3) is 0 Å². The zero-order valence-corrected chi connectivity index (χ0v) is 11.1. The molecular formula is C14H26N2O. The van der Waals surface area contributed by atoms with Crippen molar-refractivity contribution >= 4 is 5.91 Å². The first-order valence-electron chi connectivity index (χ1n) is 7.24. The van der Waals surface area contributed by atoms with Crippen molar-refractivity contribution in [2.75, 3.05) is 13.1 Å². The van der Waals surface area contributed by atoms with E-state index in [0.717, 1.165) is 32.2 Å². The molecule has 0 bridgehead atoms. The second-order valence-electron chi connectivity index (χ2n) is 5.71. The number of carbonyl (C=O) groups excluding carboxylic acids is 1. The third-order valence-corrected chi connectivity index (χ3v) is 4.54. The second-order valence-corrected chi connectivity index (χ2v) is 5.71. The Balaban J connectivity index is 2.03. The number of amides is 1. The zero-order chi connectivity index (χ0) is 12.3. The molecule has 0 spiro atoms. The highest BCUT2D eigenvalue weighted by molar-refractivity contribution is 5.83. The summed E-state index contributed by atoms with van der Waals surface area (Å²) in [5.41, 5.74) is 5.56. The van der Waals surface area contributed by atoms with Crippen molar-refractivity contribution in [2.45, 2.75) is 64.3 Å². The van der Waals surface area contributed by atoms with E-state index in [9.17, 15) is 4.79 Å². The van der Waals surface area contributed by atoms with Crippen molar-refractivity contribution in [3.63, 3.8) is 0 Å². The number of rotatable bonds is 6. The molecule has 0 radical (unpaired) electrons. The molecule has 0 aromatic carbocycles. The van der Waals surface area contributed by atoms with Crippen molar-refractivity contribution in [2.24, 2.45) is 11.1 Å². The van der Waals surface area contributed by atoms with E-state index in [1.165, 1.54) is 25.7 Å². The van der Waals surface area contributed by atoms with Crippen LogP contribution in [0.4, 0.5) is 0 Å². The van der Waals surface area contributed by atoms with Crippen LogP contribution in [0.3, 0.4) is 0 Å². The van der Waals surface area contributed by atoms with E-state index in [4.69, 9.17) is 5.73 Å². The Hall–Kier alpha value is -0.570. The summed E-state index contributed by atoms with van der Waals surface area (Å²) in [5.74, 6) is 0.438. The lowest BCUT2D eigenvalue weighted by Gasteiger charge is -2.34. The van der Waals surface area contributed by atoms with Gasteiger partial charge in [-0.05, 0) is 45.1 Å². The van der Waals surface area contributed by atoms with E-state index in [1.54, 1.807) is 0 Å². The lowest BCUT2D eigenvalue weighted by molar-refractivity contribution is -0.142. The fourth-order valence-electron chi connectivity index (χ4n) is 3.17. The van der Waals surface area contributed by atoms with E-state index in [1.807, 2.05) is 0 Å². The molecule has 2 aliphatic rings. The minimum atomic E-state index is -0.0167. The van der Waals surface area contributed by atoms with Gasteiger partial charge in [0.2, 0.25) is 5.91 Å². The van der Waals surface area contributed by atoms with Crippen LogP contribution in [0, 0.1) is 5.41 Å². The van der Waals surface area contributed by atoms with Crippen molar-refractivity contribution in [3.8, 4) is 0 Å². The molecule has 17 heavy (non-hydrogen) atoms. The number of hydrogen-bond donors (Lipinski definition) is 1. The van der Waals surface area contributed by atoms with Gasteiger partial charge in [0, 0.05) is 18.0 Å². The summed E-state index contributed by atoms with van der Waals surface area (Å²) in [6.07, 6.45) is 9.04. The second kappa shape index (κ2) is 5.38. The van der Waals surface area contributed by atoms with E-state index < -0.39 is 0 Å². The smallest absolute Gasteiger partial charge is 0.229 e. The Labute approximate surface area is 105 Å². The Bertz CT molecular complexity index is 267. The molecule has 0 saturated heterocycles. The molecule has 2 rings (SSSR count). The van der Waals surface area contributed by atoms with Crippen LogP contribution in [0.1, 0.15) is 58.3 Å². The number of nitrogens with two attached hydrogens (primary N) is 1. The molecule has 1 amide bonds. The lowest BCUT2D eigenvalue weighted by Crippen LogP contribution is -2.44. The molecule has 0 aromatic heterocycles. The van der Waals surface area contributed by atoms with Gasteiger partial charge in [0.25, 0.3) is 0 Å². The third kappa shape index (κ3) is 2.65. The topological polar surface area (TPSA) is 46.3 Å². The fraction of sp³-hybridized carbons (Fsp3) is 0.929. The summed E-state index contributed by atoms with van der Waals surface area (Å²) < 4.78 is 0. The van der Waals surface area contributed by atoms with E-state index in [-0.39, 0.29) is 5.41 Å². The maximum Gasteiger partial charge on any atom is 0.229 e. The van der Waals surface area contributed by atoms with Gasteiger partial charge in [0.1, 0.15) is 0 Å². The summed E-state index contributed by atoms with van der Waals surface area (Å²) in [4.78, 5) is 14.9. The van der Waals surface area contributed by atoms with Crippen LogP contribution >= 0.6 is 0 Å². The molecule has 3 heteroatoms. The maximum absolute atomic E-state index is 12.8. The largest absolute Gasteiger partial charge is 0.339 e. The summed E-state index contributed by atoms with van der Waals surface area (Å²) >= 11 is 0. The van der Waals surface area contributed by atoms with Gasteiger partial charge in [-0.2, -0.15) is 0 Å². The van der Waals surface area contributed by atoms with Crippen LogP contribution in [-0.2, 0) is 4.79 Å². The minimum Gasteiger partial charge on any atom is -0.339 e. The molecule has 3 nitrogen and oxygen atoms in total. The standard InChI is InChI=1S/C14H26N2O/c1-2-14(8-3-4-9-14)13(17)16(11-5-10-15)12-6-7-12/h12H,2-11,15H2,1H3. The summed E-state index contributed by atoms with van der Waals surface area (Å²) in [7, 11) is 0. The van der Waals surface area contributed by atoms with E-state index in [0.29, 0.717) is 18.5 Å². The van der Waals surface area contributed by atoms with Crippen LogP contribution in [0.2, 0.25) is 0 Å². The van der Waals surface area contributed by atoms with E-state index >= 15 is 0 Å². The number of nitrogens with zero attached hydrogens (tertiary/aromatic N) is 1. The lowest BCUT2D eigenvalue weighted by atomic mass is 9.81. The average Bonchev–Trinajstić information content (AvgIpc) is 3.07. The molecule has 2 aliphatic carbocycles. The highest BCUT2D eigenvalue weighted by Gasteiger charge is 2.45. The van der Waals surface area contributed by atoms with Crippen LogP contribution in [0.5, 0.6) is 0 Å². The first-order valence-corrected chi connectivity index (χ1v) is 7.24. The molecule has 2 fully saturated rings. The third-order valence-electron chi connectivity index (χ3n) is 4.54. The molecule has 0 aromatic rings. The van der Waals surface area contributed by atoms with Gasteiger partial charge in [-0.1, -0.05) is 19.8 Å². The maximum atomic E-state index is 12.8. The number of carbonyl (C=O) groups is 1. The van der Waals surface area contributed by atoms with Gasteiger partial charge < -0.3 is 10.6 Å². The molecule has 98 valence electrons. The van der Waals surface area contributed by atoms with Crippen LogP contribution in [0.15, 0.2) is 0 Å². The summed E-state index contributed by atoms with van der Waals surface area (Å²) in [6.45, 7) is 3.74. The van der Waals surface area contributed by atoms with Crippen molar-refractivity contribution < 1.29 is 4.79 Å². The van der Waals surface area contributed by atoms with Crippen molar-refractivity contribution in [3.05, 3.63) is 0 Å². The Kier molecular flexibility index (Phi) is 4.08. The molecule has 0 atom stereocenters. The molecular weight excluding hydrogens is 212 g/mol. The van der Waals surface area contributed by atoms with Gasteiger partial charge in [-0.3, -0.25) is 4.79 Å². The SMILES string of the molecule is CCC1(C(=O)N(CCCN)C2CC2)CCCC1. The Morgan fingerprint density at radius 1 is 1.35 bits per heavy atom. The Morgan fingerprint density at radius 3 is 2.47 bits per heavy atom. The highest BCUT2D eigenvalue weighted by atomic mass is 16.2. The predicted molar refractivity (Wildman–Crippen MR) is 69.6 cm³/mol. The summed E-state index contributed by atoms with van der Waals surface area (Å²) in [5, 5.41) is 0. The first-order chi connectivity index (χ1) is 8.23. The van der Waals surface area contributed by atoms with Gasteiger partial charge >= 0.3 is 0 Å². The molecule has 2 N–H and O–H groups in total. The fourth-order valence-corrected chi connectivity index (χ4v) is 3.17. The van der Waals surface area contributed by atoms with Gasteiger partial charge in [-0.15, -0.1) is 0 Å². The first kappa shape index (κ1) is 12.9. The normalized spacial score (nSPS) is 22.7. The van der Waals surface area contributed by atoms with E-state index in [2.05, 4.69) is 11.8 Å². The number of hydrogen-bond acceptors (Lipinski definition) is 2. The van der Waals surface area contributed by atoms with Crippen molar-refractivity contribution in [1.29, 1.82) is 0 Å². The zero-order valence-electron chi connectivity index (χ0n) is 11.1. The van der Waals surface area contributed by atoms with Crippen molar-refractivity contribution in [1.82, 2.24) is 4.90 Å². The quantitative estimate of drug-likeness (QED) is 0.771. The Morgan fingerprint density at radius 2 is 2.00 bits per heavy atom. The van der Waals surface area contributed by atoms with Gasteiger partial charge in [0.05, 0.1) is 0 Å². The monoisotopic (exact) mass is 238 g/mol. The van der Waals surface area contributed by atoms with Gasteiger partial charge in [0.15, 0.2) is 0 Å². The van der Waals surface area contributed by atoms with Crippen LogP contribution < -0.4 is 5.73 Å².